The summed E-state index contributed by atoms with van der Waals surface area (Å²) in [5.41, 5.74) is 0.741. The highest BCUT2D eigenvalue weighted by molar-refractivity contribution is 9.10. The van der Waals surface area contributed by atoms with E-state index in [9.17, 15) is 4.79 Å². The van der Waals surface area contributed by atoms with Gasteiger partial charge in [-0.25, -0.2) is 0 Å². The zero-order valence-electron chi connectivity index (χ0n) is 10.9. The Bertz CT molecular complexity index is 415. The predicted molar refractivity (Wildman–Crippen MR) is 77.6 cm³/mol. The summed E-state index contributed by atoms with van der Waals surface area (Å²) in [6.45, 7) is 4.49. The minimum atomic E-state index is 0.0519. The van der Waals surface area contributed by atoms with Crippen molar-refractivity contribution >= 4 is 21.8 Å². The van der Waals surface area contributed by atoms with Crippen LogP contribution in [-0.2, 0) is 0 Å². The lowest BCUT2D eigenvalue weighted by Gasteiger charge is -2.21. The molecule has 0 aromatic heterocycles. The fourth-order valence-electron chi connectivity index (χ4n) is 2.88. The molecule has 0 bridgehead atoms. The Hall–Kier alpha value is -0.830. The van der Waals surface area contributed by atoms with E-state index in [0.29, 0.717) is 12.0 Å². The third kappa shape index (κ3) is 2.94. The molecule has 2 nitrogen and oxygen atoms in total. The van der Waals surface area contributed by atoms with Crippen LogP contribution < -0.4 is 5.32 Å². The Morgan fingerprint density at radius 1 is 1.33 bits per heavy atom. The van der Waals surface area contributed by atoms with Gasteiger partial charge in [-0.05, 0) is 48.9 Å². The lowest BCUT2D eigenvalue weighted by Crippen LogP contribution is -2.37. The van der Waals surface area contributed by atoms with E-state index in [0.717, 1.165) is 22.4 Å². The second-order valence-electron chi connectivity index (χ2n) is 5.19. The number of hydrogen-bond acceptors (Lipinski definition) is 1. The number of rotatable bonds is 3. The van der Waals surface area contributed by atoms with Crippen LogP contribution >= 0.6 is 15.9 Å². The van der Waals surface area contributed by atoms with E-state index in [1.807, 2.05) is 24.3 Å². The molecular weight excluding hydrogens is 290 g/mol. The zero-order valence-corrected chi connectivity index (χ0v) is 12.5. The molecule has 3 heteroatoms. The van der Waals surface area contributed by atoms with Crippen molar-refractivity contribution in [3.05, 3.63) is 34.3 Å². The van der Waals surface area contributed by atoms with E-state index in [4.69, 9.17) is 0 Å². The van der Waals surface area contributed by atoms with Gasteiger partial charge in [-0.1, -0.05) is 36.2 Å². The minimum absolute atomic E-state index is 0.0519. The quantitative estimate of drug-likeness (QED) is 0.898. The van der Waals surface area contributed by atoms with Gasteiger partial charge < -0.3 is 5.32 Å². The van der Waals surface area contributed by atoms with E-state index in [1.165, 1.54) is 12.8 Å². The average molecular weight is 310 g/mol. The van der Waals surface area contributed by atoms with Crippen molar-refractivity contribution in [3.63, 3.8) is 0 Å². The van der Waals surface area contributed by atoms with Crippen LogP contribution in [0.2, 0.25) is 0 Å². The van der Waals surface area contributed by atoms with Crippen LogP contribution in [0.5, 0.6) is 0 Å². The van der Waals surface area contributed by atoms with E-state index in [-0.39, 0.29) is 5.91 Å². The predicted octanol–water partition coefficient (Wildman–Crippen LogP) is 4.00. The maximum absolute atomic E-state index is 12.1. The summed E-state index contributed by atoms with van der Waals surface area (Å²) in [7, 11) is 0. The summed E-state index contributed by atoms with van der Waals surface area (Å²) >= 11 is 3.38. The molecule has 0 aliphatic heterocycles. The highest BCUT2D eigenvalue weighted by Crippen LogP contribution is 2.33. The van der Waals surface area contributed by atoms with Crippen LogP contribution in [0.1, 0.15) is 43.5 Å². The number of carbonyl (C=O) groups excluding carboxylic acids is 1. The fraction of sp³-hybridized carbons (Fsp3) is 0.533. The molecule has 3 unspecified atom stereocenters. The Labute approximate surface area is 117 Å². The number of halogens is 1. The summed E-state index contributed by atoms with van der Waals surface area (Å²) in [6, 6.07) is 7.86. The Morgan fingerprint density at radius 2 is 2.00 bits per heavy atom. The first-order valence-corrected chi connectivity index (χ1v) is 7.47. The Balaban J connectivity index is 1.98. The van der Waals surface area contributed by atoms with Crippen molar-refractivity contribution in [2.45, 2.75) is 39.2 Å². The molecule has 0 heterocycles. The van der Waals surface area contributed by atoms with Crippen molar-refractivity contribution in [2.24, 2.45) is 11.8 Å². The molecule has 0 spiro atoms. The number of benzene rings is 1. The van der Waals surface area contributed by atoms with Gasteiger partial charge in [0.15, 0.2) is 0 Å². The summed E-state index contributed by atoms with van der Waals surface area (Å²) in [6.07, 6.45) is 3.57. The highest BCUT2D eigenvalue weighted by atomic mass is 79.9. The second-order valence-corrected chi connectivity index (χ2v) is 6.11. The maximum Gasteiger partial charge on any atom is 0.251 e. The second kappa shape index (κ2) is 5.87. The third-order valence-corrected chi connectivity index (χ3v) is 4.70. The first-order chi connectivity index (χ1) is 8.61. The summed E-state index contributed by atoms with van der Waals surface area (Å²) in [5.74, 6) is 1.41. The van der Waals surface area contributed by atoms with Gasteiger partial charge >= 0.3 is 0 Å². The van der Waals surface area contributed by atoms with E-state index in [1.54, 1.807) is 0 Å². The molecule has 1 aromatic carbocycles. The van der Waals surface area contributed by atoms with Gasteiger partial charge in [0.05, 0.1) is 0 Å². The number of hydrogen-bond donors (Lipinski definition) is 1. The van der Waals surface area contributed by atoms with Crippen molar-refractivity contribution in [3.8, 4) is 0 Å². The van der Waals surface area contributed by atoms with E-state index >= 15 is 0 Å². The molecule has 0 radical (unpaired) electrons. The van der Waals surface area contributed by atoms with Crippen molar-refractivity contribution in [1.82, 2.24) is 5.32 Å². The molecule has 1 N–H and O–H groups in total. The van der Waals surface area contributed by atoms with Crippen LogP contribution in [0.3, 0.4) is 0 Å². The first kappa shape index (κ1) is 13.6. The third-order valence-electron chi connectivity index (χ3n) is 4.17. The molecule has 1 amide bonds. The van der Waals surface area contributed by atoms with Gasteiger partial charge in [-0.2, -0.15) is 0 Å². The number of nitrogens with one attached hydrogen (secondary N) is 1. The van der Waals surface area contributed by atoms with E-state index in [2.05, 4.69) is 35.1 Å². The normalized spacial score (nSPS) is 27.2. The molecule has 1 aliphatic carbocycles. The van der Waals surface area contributed by atoms with Gasteiger partial charge in [0.1, 0.15) is 0 Å². The van der Waals surface area contributed by atoms with Crippen LogP contribution in [0.4, 0.5) is 0 Å². The molecule has 1 saturated carbocycles. The molecule has 2 rings (SSSR count). The molecule has 98 valence electrons. The van der Waals surface area contributed by atoms with E-state index < -0.39 is 0 Å². The topological polar surface area (TPSA) is 29.1 Å². The molecule has 18 heavy (non-hydrogen) atoms. The molecule has 0 saturated heterocycles. The number of carbonyl (C=O) groups is 1. The standard InChI is InChI=1S/C15H20BrNO/c1-3-11-6-9-14(10(11)2)17-15(18)12-4-7-13(16)8-5-12/h4-5,7-8,10-11,14H,3,6,9H2,1-2H3,(H,17,18). The molecule has 1 fully saturated rings. The largest absolute Gasteiger partial charge is 0.349 e. The summed E-state index contributed by atoms with van der Waals surface area (Å²) in [5, 5.41) is 3.17. The molecule has 1 aromatic rings. The Kier molecular flexibility index (Phi) is 4.44. The molecular formula is C15H20BrNO. The van der Waals surface area contributed by atoms with Crippen LogP contribution in [0.15, 0.2) is 28.7 Å². The fourth-order valence-corrected chi connectivity index (χ4v) is 3.14. The lowest BCUT2D eigenvalue weighted by molar-refractivity contribution is 0.0926. The van der Waals surface area contributed by atoms with Crippen LogP contribution in [-0.4, -0.2) is 11.9 Å². The first-order valence-electron chi connectivity index (χ1n) is 6.68. The van der Waals surface area contributed by atoms with Crippen molar-refractivity contribution < 1.29 is 4.79 Å². The van der Waals surface area contributed by atoms with Gasteiger partial charge in [-0.3, -0.25) is 4.79 Å². The zero-order chi connectivity index (χ0) is 13.1. The Morgan fingerprint density at radius 3 is 2.56 bits per heavy atom. The van der Waals surface area contributed by atoms with Crippen molar-refractivity contribution in [2.75, 3.05) is 0 Å². The highest BCUT2D eigenvalue weighted by Gasteiger charge is 2.32. The van der Waals surface area contributed by atoms with Gasteiger partial charge in [0, 0.05) is 16.1 Å². The smallest absolute Gasteiger partial charge is 0.251 e. The van der Waals surface area contributed by atoms with Crippen molar-refractivity contribution in [1.29, 1.82) is 0 Å². The van der Waals surface area contributed by atoms with Gasteiger partial charge in [0.2, 0.25) is 0 Å². The lowest BCUT2D eigenvalue weighted by atomic mass is 9.93. The number of amides is 1. The summed E-state index contributed by atoms with van der Waals surface area (Å²) in [4.78, 5) is 12.1. The maximum atomic E-state index is 12.1. The summed E-state index contributed by atoms with van der Waals surface area (Å²) < 4.78 is 0.999. The van der Waals surface area contributed by atoms with Crippen LogP contribution in [0.25, 0.3) is 0 Å². The SMILES string of the molecule is CCC1CCC(NC(=O)c2ccc(Br)cc2)C1C. The minimum Gasteiger partial charge on any atom is -0.349 e. The average Bonchev–Trinajstić information content (AvgIpc) is 2.71. The van der Waals surface area contributed by atoms with Gasteiger partial charge in [0.25, 0.3) is 5.91 Å². The van der Waals surface area contributed by atoms with Crippen LogP contribution in [0, 0.1) is 11.8 Å². The molecule has 3 atom stereocenters. The van der Waals surface area contributed by atoms with Gasteiger partial charge in [-0.15, -0.1) is 0 Å². The monoisotopic (exact) mass is 309 g/mol. The molecule has 1 aliphatic rings.